The van der Waals surface area contributed by atoms with Gasteiger partial charge in [-0.15, -0.1) is 0 Å². The van der Waals surface area contributed by atoms with Gasteiger partial charge in [0.05, 0.1) is 5.69 Å². The molecule has 1 fully saturated rings. The van der Waals surface area contributed by atoms with Gasteiger partial charge in [0.25, 0.3) is 0 Å². The highest BCUT2D eigenvalue weighted by Gasteiger charge is 2.26. The normalized spacial score (nSPS) is 16.4. The molecule has 5 heteroatoms. The van der Waals surface area contributed by atoms with Crippen LogP contribution in [0.15, 0.2) is 18.3 Å². The molecule has 0 spiro atoms. The number of carbonyl (C=O) groups excluding carboxylic acids is 1. The average Bonchev–Trinajstić information content (AvgIpc) is 2.92. The number of nitrogens with one attached hydrogen (secondary N) is 1. The SMILES string of the molecule is CC(C)(C)OC(=O)Nc1ccn2c(CC3CCCCC3)c(C(C)(C)C)nc2c1. The molecule has 2 heterocycles. The van der Waals surface area contributed by atoms with Gasteiger partial charge in [0.1, 0.15) is 11.2 Å². The topological polar surface area (TPSA) is 55.6 Å². The zero-order valence-electron chi connectivity index (χ0n) is 18.3. The molecule has 2 aromatic heterocycles. The molecule has 154 valence electrons. The van der Waals surface area contributed by atoms with Crippen LogP contribution in [0, 0.1) is 5.92 Å². The number of ether oxygens (including phenoxy) is 1. The molecule has 1 aliphatic carbocycles. The van der Waals surface area contributed by atoms with E-state index in [-0.39, 0.29) is 5.41 Å². The maximum atomic E-state index is 12.1. The molecule has 0 bridgehead atoms. The Bertz CT molecular complexity index is 834. The molecule has 3 rings (SSSR count). The minimum Gasteiger partial charge on any atom is -0.444 e. The van der Waals surface area contributed by atoms with Crippen LogP contribution in [0.2, 0.25) is 0 Å². The van der Waals surface area contributed by atoms with Crippen molar-refractivity contribution < 1.29 is 9.53 Å². The summed E-state index contributed by atoms with van der Waals surface area (Å²) in [6.45, 7) is 12.2. The number of pyridine rings is 1. The number of amides is 1. The lowest BCUT2D eigenvalue weighted by atomic mass is 9.83. The van der Waals surface area contributed by atoms with Gasteiger partial charge in [-0.2, -0.15) is 0 Å². The second-order valence-corrected chi connectivity index (χ2v) is 10.1. The number of aromatic nitrogens is 2. The molecule has 28 heavy (non-hydrogen) atoms. The van der Waals surface area contributed by atoms with E-state index in [1.807, 2.05) is 39.1 Å². The van der Waals surface area contributed by atoms with Crippen molar-refractivity contribution in [2.75, 3.05) is 5.32 Å². The molecule has 0 aliphatic heterocycles. The first-order chi connectivity index (χ1) is 13.0. The van der Waals surface area contributed by atoms with Crippen LogP contribution < -0.4 is 5.32 Å². The number of rotatable bonds is 3. The van der Waals surface area contributed by atoms with Gasteiger partial charge < -0.3 is 9.14 Å². The number of hydrogen-bond donors (Lipinski definition) is 1. The zero-order chi connectivity index (χ0) is 20.5. The van der Waals surface area contributed by atoms with Crippen molar-refractivity contribution in [1.29, 1.82) is 0 Å². The van der Waals surface area contributed by atoms with Crippen LogP contribution >= 0.6 is 0 Å². The number of hydrogen-bond acceptors (Lipinski definition) is 3. The maximum absolute atomic E-state index is 12.1. The summed E-state index contributed by atoms with van der Waals surface area (Å²) in [7, 11) is 0. The number of fused-ring (bicyclic) bond motifs is 1. The van der Waals surface area contributed by atoms with Crippen LogP contribution in [0.1, 0.15) is 85.0 Å². The first kappa shape index (κ1) is 20.7. The Morgan fingerprint density at radius 3 is 2.46 bits per heavy atom. The van der Waals surface area contributed by atoms with Crippen LogP contribution in [-0.4, -0.2) is 21.1 Å². The average molecular weight is 386 g/mol. The summed E-state index contributed by atoms with van der Waals surface area (Å²) in [5, 5.41) is 2.82. The van der Waals surface area contributed by atoms with Crippen molar-refractivity contribution >= 4 is 17.4 Å². The van der Waals surface area contributed by atoms with E-state index in [4.69, 9.17) is 9.72 Å². The third-order valence-corrected chi connectivity index (χ3v) is 5.29. The van der Waals surface area contributed by atoms with E-state index in [9.17, 15) is 4.79 Å². The van der Waals surface area contributed by atoms with Crippen molar-refractivity contribution in [1.82, 2.24) is 9.38 Å². The predicted octanol–water partition coefficient (Wildman–Crippen LogP) is 6.10. The molecular formula is C23H35N3O2. The Morgan fingerprint density at radius 1 is 1.18 bits per heavy atom. The first-order valence-electron chi connectivity index (χ1n) is 10.5. The fourth-order valence-electron chi connectivity index (χ4n) is 4.06. The number of nitrogens with zero attached hydrogens (tertiary/aromatic N) is 2. The number of carbonyl (C=O) groups is 1. The lowest BCUT2D eigenvalue weighted by molar-refractivity contribution is 0.0636. The van der Waals surface area contributed by atoms with Crippen molar-refractivity contribution in [2.45, 2.75) is 91.1 Å². The third kappa shape index (κ3) is 5.06. The summed E-state index contributed by atoms with van der Waals surface area (Å²) in [6.07, 6.45) is 9.35. The maximum Gasteiger partial charge on any atom is 0.412 e. The summed E-state index contributed by atoms with van der Waals surface area (Å²) in [5.74, 6) is 0.745. The van der Waals surface area contributed by atoms with Crippen molar-refractivity contribution in [3.8, 4) is 0 Å². The van der Waals surface area contributed by atoms with E-state index in [1.54, 1.807) is 0 Å². The van der Waals surface area contributed by atoms with Gasteiger partial charge in [-0.05, 0) is 39.2 Å². The molecule has 0 atom stereocenters. The van der Waals surface area contributed by atoms with Crippen molar-refractivity contribution in [3.63, 3.8) is 0 Å². The summed E-state index contributed by atoms with van der Waals surface area (Å²) in [5.41, 5.74) is 3.52. The molecule has 1 N–H and O–H groups in total. The fraction of sp³-hybridized carbons (Fsp3) is 0.652. The first-order valence-corrected chi connectivity index (χ1v) is 10.5. The highest BCUT2D eigenvalue weighted by Crippen LogP contribution is 2.33. The Hall–Kier alpha value is -2.04. The van der Waals surface area contributed by atoms with Gasteiger partial charge in [-0.25, -0.2) is 9.78 Å². The Labute approximate surface area is 168 Å². The molecular weight excluding hydrogens is 350 g/mol. The van der Waals surface area contributed by atoms with Crippen molar-refractivity contribution in [2.24, 2.45) is 5.92 Å². The minimum absolute atomic E-state index is 0.0191. The Kier molecular flexibility index (Phi) is 5.74. The lowest BCUT2D eigenvalue weighted by Crippen LogP contribution is -2.27. The van der Waals surface area contributed by atoms with Gasteiger partial charge in [0.15, 0.2) is 0 Å². The molecule has 5 nitrogen and oxygen atoms in total. The Morgan fingerprint density at radius 2 is 1.86 bits per heavy atom. The monoisotopic (exact) mass is 385 g/mol. The van der Waals surface area contributed by atoms with E-state index in [0.717, 1.165) is 23.7 Å². The van der Waals surface area contributed by atoms with Gasteiger partial charge in [-0.1, -0.05) is 52.9 Å². The largest absolute Gasteiger partial charge is 0.444 e. The van der Waals surface area contributed by atoms with E-state index < -0.39 is 11.7 Å². The molecule has 2 aromatic rings. The lowest BCUT2D eigenvalue weighted by Gasteiger charge is -2.24. The summed E-state index contributed by atoms with van der Waals surface area (Å²) < 4.78 is 7.56. The molecule has 0 radical (unpaired) electrons. The predicted molar refractivity (Wildman–Crippen MR) is 114 cm³/mol. The van der Waals surface area contributed by atoms with Gasteiger partial charge >= 0.3 is 6.09 Å². The van der Waals surface area contributed by atoms with Crippen LogP contribution in [0.3, 0.4) is 0 Å². The molecule has 1 amide bonds. The third-order valence-electron chi connectivity index (χ3n) is 5.29. The van der Waals surface area contributed by atoms with E-state index >= 15 is 0 Å². The molecule has 1 aliphatic rings. The van der Waals surface area contributed by atoms with Crippen LogP contribution in [0.25, 0.3) is 5.65 Å². The molecule has 1 saturated carbocycles. The van der Waals surface area contributed by atoms with Gasteiger partial charge in [0, 0.05) is 29.1 Å². The highest BCUT2D eigenvalue weighted by atomic mass is 16.6. The molecule has 0 saturated heterocycles. The highest BCUT2D eigenvalue weighted by molar-refractivity contribution is 5.85. The van der Waals surface area contributed by atoms with Crippen molar-refractivity contribution in [3.05, 3.63) is 29.7 Å². The molecule has 0 aromatic carbocycles. The van der Waals surface area contributed by atoms with E-state index in [1.165, 1.54) is 37.8 Å². The molecule has 0 unspecified atom stereocenters. The zero-order valence-corrected chi connectivity index (χ0v) is 18.3. The summed E-state index contributed by atoms with van der Waals surface area (Å²) in [4.78, 5) is 17.1. The Balaban J connectivity index is 1.90. The minimum atomic E-state index is -0.520. The quantitative estimate of drug-likeness (QED) is 0.694. The van der Waals surface area contributed by atoms with Crippen LogP contribution in [0.4, 0.5) is 10.5 Å². The van der Waals surface area contributed by atoms with Gasteiger partial charge in [0.2, 0.25) is 0 Å². The smallest absolute Gasteiger partial charge is 0.412 e. The van der Waals surface area contributed by atoms with Crippen LogP contribution in [0.5, 0.6) is 0 Å². The number of imidazole rings is 1. The standard InChI is InChI=1S/C23H35N3O2/c1-22(2,3)20-18(14-16-10-8-7-9-11-16)26-13-12-17(15-19(26)25-20)24-21(27)28-23(4,5)6/h12-13,15-16H,7-11,14H2,1-6H3,(H,24,27). The van der Waals surface area contributed by atoms with E-state index in [2.05, 4.69) is 30.5 Å². The van der Waals surface area contributed by atoms with Gasteiger partial charge in [-0.3, -0.25) is 5.32 Å². The summed E-state index contributed by atoms with van der Waals surface area (Å²) in [6, 6.07) is 3.86. The second kappa shape index (κ2) is 7.76. The number of anilines is 1. The fourth-order valence-corrected chi connectivity index (χ4v) is 4.06. The second-order valence-electron chi connectivity index (χ2n) is 10.1. The van der Waals surface area contributed by atoms with E-state index in [0.29, 0.717) is 5.69 Å². The van der Waals surface area contributed by atoms with Crippen LogP contribution in [-0.2, 0) is 16.6 Å². The summed E-state index contributed by atoms with van der Waals surface area (Å²) >= 11 is 0.